The highest BCUT2D eigenvalue weighted by Gasteiger charge is 2.20. The molecule has 0 aliphatic heterocycles. The number of aromatic amines is 1. The van der Waals surface area contributed by atoms with Crippen LogP contribution in [0.5, 0.6) is 0 Å². The maximum Gasteiger partial charge on any atom is 0.354 e. The second-order valence-electron chi connectivity index (χ2n) is 5.69. The van der Waals surface area contributed by atoms with Gasteiger partial charge in [0, 0.05) is 23.2 Å². The Hall–Kier alpha value is -3.00. The molecule has 0 fully saturated rings. The van der Waals surface area contributed by atoms with Crippen LogP contribution in [0.25, 0.3) is 32.0 Å². The Kier molecular flexibility index (Phi) is 3.43. The van der Waals surface area contributed by atoms with Crippen LogP contribution in [0.15, 0.2) is 18.3 Å². The Bertz CT molecular complexity index is 1180. The Balaban J connectivity index is 2.14. The van der Waals surface area contributed by atoms with E-state index in [2.05, 4.69) is 20.3 Å². The van der Waals surface area contributed by atoms with Crippen LogP contribution in [0.4, 0.5) is 5.13 Å². The maximum atomic E-state index is 11.5. The molecule has 0 bridgehead atoms. The topological polar surface area (TPSA) is 108 Å². The number of aromatic nitrogens is 3. The van der Waals surface area contributed by atoms with Crippen molar-refractivity contribution in [1.29, 1.82) is 0 Å². The van der Waals surface area contributed by atoms with Crippen LogP contribution < -0.4 is 5.32 Å². The molecule has 0 aliphatic rings. The highest BCUT2D eigenvalue weighted by atomic mass is 32.1. The van der Waals surface area contributed by atoms with E-state index in [1.165, 1.54) is 18.3 Å². The molecule has 25 heavy (non-hydrogen) atoms. The number of hydrogen-bond donors (Lipinski definition) is 3. The van der Waals surface area contributed by atoms with Crippen LogP contribution >= 0.6 is 11.3 Å². The van der Waals surface area contributed by atoms with Crippen LogP contribution in [0.2, 0.25) is 0 Å². The molecule has 3 heterocycles. The number of carbonyl (C=O) groups is 2. The number of benzene rings is 1. The van der Waals surface area contributed by atoms with Crippen molar-refractivity contribution in [2.75, 3.05) is 5.32 Å². The van der Waals surface area contributed by atoms with Gasteiger partial charge in [0.25, 0.3) is 0 Å². The van der Waals surface area contributed by atoms with Gasteiger partial charge < -0.3 is 15.4 Å². The second-order valence-corrected chi connectivity index (χ2v) is 6.72. The minimum atomic E-state index is -1.04. The molecule has 1 aromatic carbocycles. The predicted octanol–water partition coefficient (Wildman–Crippen LogP) is 3.54. The lowest BCUT2D eigenvalue weighted by Gasteiger charge is -2.05. The van der Waals surface area contributed by atoms with Gasteiger partial charge in [-0.3, -0.25) is 4.79 Å². The highest BCUT2D eigenvalue weighted by Crippen LogP contribution is 2.37. The summed E-state index contributed by atoms with van der Waals surface area (Å²) >= 11 is 1.39. The third-order valence-corrected chi connectivity index (χ3v) is 5.04. The number of aryl methyl sites for hydroxylation is 1. The van der Waals surface area contributed by atoms with Gasteiger partial charge in [-0.15, -0.1) is 0 Å². The second kappa shape index (κ2) is 5.52. The van der Waals surface area contributed by atoms with Crippen molar-refractivity contribution in [3.8, 4) is 0 Å². The average Bonchev–Trinajstić information content (AvgIpc) is 3.12. The van der Waals surface area contributed by atoms with E-state index in [1.807, 2.05) is 19.1 Å². The van der Waals surface area contributed by atoms with Crippen molar-refractivity contribution in [3.63, 3.8) is 0 Å². The van der Waals surface area contributed by atoms with Gasteiger partial charge in [0.2, 0.25) is 5.91 Å². The van der Waals surface area contributed by atoms with Crippen molar-refractivity contribution in [1.82, 2.24) is 15.0 Å². The van der Waals surface area contributed by atoms with Gasteiger partial charge >= 0.3 is 5.97 Å². The van der Waals surface area contributed by atoms with Crippen molar-refractivity contribution in [2.24, 2.45) is 0 Å². The Labute approximate surface area is 145 Å². The fourth-order valence-corrected chi connectivity index (χ4v) is 4.08. The van der Waals surface area contributed by atoms with Gasteiger partial charge in [0.15, 0.2) is 10.8 Å². The Morgan fingerprint density at radius 3 is 2.76 bits per heavy atom. The number of nitrogens with zero attached hydrogens (tertiary/aromatic N) is 2. The molecule has 0 spiro atoms. The zero-order valence-corrected chi connectivity index (χ0v) is 14.3. The quantitative estimate of drug-likeness (QED) is 0.521. The summed E-state index contributed by atoms with van der Waals surface area (Å²) in [7, 11) is 0. The number of carbonyl (C=O) groups excluding carboxylic acids is 1. The fraction of sp³-hybridized carbons (Fsp3) is 0.176. The molecule has 3 N–H and O–H groups in total. The first-order valence-corrected chi connectivity index (χ1v) is 8.55. The van der Waals surface area contributed by atoms with E-state index < -0.39 is 5.97 Å². The van der Waals surface area contributed by atoms with Crippen LogP contribution in [-0.4, -0.2) is 31.9 Å². The monoisotopic (exact) mass is 354 g/mol. The number of fused-ring (bicyclic) bond motifs is 5. The number of rotatable bonds is 3. The molecule has 3 aromatic heterocycles. The number of carboxylic acids is 1. The van der Waals surface area contributed by atoms with Crippen molar-refractivity contribution < 1.29 is 14.7 Å². The molecular weight excluding hydrogens is 340 g/mol. The standard InChI is InChI=1S/C17H14N4O3S/c1-3-8-12-10(6-18-14(8)16(23)24)20-9-4-5-11-15(13(9)12)21-17(25-11)19-7(2)22/h4-6,20H,3H2,1-2H3,(H,23,24)(H,19,21,22). The summed E-state index contributed by atoms with van der Waals surface area (Å²) in [5, 5.41) is 14.4. The van der Waals surface area contributed by atoms with Crippen LogP contribution in [0.1, 0.15) is 29.9 Å². The van der Waals surface area contributed by atoms with Gasteiger partial charge in [0.1, 0.15) is 0 Å². The normalized spacial score (nSPS) is 11.4. The van der Waals surface area contributed by atoms with Gasteiger partial charge in [-0.25, -0.2) is 14.8 Å². The first-order chi connectivity index (χ1) is 12.0. The van der Waals surface area contributed by atoms with Crippen LogP contribution in [0.3, 0.4) is 0 Å². The first kappa shape index (κ1) is 15.5. The summed E-state index contributed by atoms with van der Waals surface area (Å²) in [6.07, 6.45) is 2.09. The summed E-state index contributed by atoms with van der Waals surface area (Å²) < 4.78 is 0.924. The largest absolute Gasteiger partial charge is 0.477 e. The van der Waals surface area contributed by atoms with E-state index in [4.69, 9.17) is 0 Å². The molecule has 0 radical (unpaired) electrons. The number of amides is 1. The molecule has 4 aromatic rings. The van der Waals surface area contributed by atoms with E-state index in [1.54, 1.807) is 6.20 Å². The smallest absolute Gasteiger partial charge is 0.354 e. The van der Waals surface area contributed by atoms with E-state index in [9.17, 15) is 14.7 Å². The summed E-state index contributed by atoms with van der Waals surface area (Å²) in [4.78, 5) is 34.8. The molecule has 0 unspecified atom stereocenters. The number of H-pyrrole nitrogens is 1. The number of carboxylic acid groups (broad SMARTS) is 1. The number of pyridine rings is 1. The highest BCUT2D eigenvalue weighted by molar-refractivity contribution is 7.22. The lowest BCUT2D eigenvalue weighted by Crippen LogP contribution is -2.05. The molecule has 7 nitrogen and oxygen atoms in total. The van der Waals surface area contributed by atoms with E-state index in [-0.39, 0.29) is 11.6 Å². The Morgan fingerprint density at radius 1 is 1.28 bits per heavy atom. The molecule has 126 valence electrons. The molecule has 0 aliphatic carbocycles. The predicted molar refractivity (Wildman–Crippen MR) is 97.4 cm³/mol. The lowest BCUT2D eigenvalue weighted by molar-refractivity contribution is -0.114. The Morgan fingerprint density at radius 2 is 2.08 bits per heavy atom. The number of nitrogens with one attached hydrogen (secondary N) is 2. The SMILES string of the molecule is CCc1c(C(=O)O)ncc2[nH]c3ccc4sc(NC(C)=O)nc4c3c12. The molecule has 0 saturated heterocycles. The van der Waals surface area contributed by atoms with Gasteiger partial charge in [0.05, 0.1) is 21.9 Å². The summed E-state index contributed by atoms with van der Waals surface area (Å²) in [6, 6.07) is 3.88. The molecule has 0 atom stereocenters. The maximum absolute atomic E-state index is 11.5. The number of anilines is 1. The zero-order chi connectivity index (χ0) is 17.7. The summed E-state index contributed by atoms with van der Waals surface area (Å²) in [6.45, 7) is 3.35. The van der Waals surface area contributed by atoms with Gasteiger partial charge in [-0.2, -0.15) is 0 Å². The third-order valence-electron chi connectivity index (χ3n) is 4.10. The van der Waals surface area contributed by atoms with Crippen molar-refractivity contribution >= 4 is 60.4 Å². The lowest BCUT2D eigenvalue weighted by atomic mass is 10.0. The molecule has 8 heteroatoms. The van der Waals surface area contributed by atoms with Gasteiger partial charge in [-0.05, 0) is 24.1 Å². The fourth-order valence-electron chi connectivity index (χ4n) is 3.16. The van der Waals surface area contributed by atoms with Gasteiger partial charge in [-0.1, -0.05) is 18.3 Å². The minimum Gasteiger partial charge on any atom is -0.477 e. The molecular formula is C17H14N4O3S. The van der Waals surface area contributed by atoms with Crippen molar-refractivity contribution in [2.45, 2.75) is 20.3 Å². The average molecular weight is 354 g/mol. The van der Waals surface area contributed by atoms with Crippen LogP contribution in [-0.2, 0) is 11.2 Å². The van der Waals surface area contributed by atoms with E-state index in [0.29, 0.717) is 17.1 Å². The number of thiazole rings is 1. The first-order valence-electron chi connectivity index (χ1n) is 7.73. The van der Waals surface area contributed by atoms with E-state index in [0.717, 1.165) is 32.0 Å². The molecule has 0 saturated carbocycles. The third kappa shape index (κ3) is 2.33. The summed E-state index contributed by atoms with van der Waals surface area (Å²) in [5.74, 6) is -1.22. The van der Waals surface area contributed by atoms with Crippen molar-refractivity contribution in [3.05, 3.63) is 29.6 Å². The van der Waals surface area contributed by atoms with Crippen LogP contribution in [0, 0.1) is 0 Å². The number of hydrogen-bond acceptors (Lipinski definition) is 5. The minimum absolute atomic E-state index is 0.0604. The molecule has 4 rings (SSSR count). The molecule has 1 amide bonds. The summed E-state index contributed by atoms with van der Waals surface area (Å²) in [5.41, 5.74) is 3.12. The zero-order valence-electron chi connectivity index (χ0n) is 13.5. The van der Waals surface area contributed by atoms with E-state index >= 15 is 0 Å². The number of aromatic carboxylic acids is 1.